The van der Waals surface area contributed by atoms with Crippen molar-refractivity contribution in [2.45, 2.75) is 18.6 Å². The summed E-state index contributed by atoms with van der Waals surface area (Å²) in [4.78, 5) is 0. The van der Waals surface area contributed by atoms with Gasteiger partial charge in [0.15, 0.2) is 0 Å². The Labute approximate surface area is 83.8 Å². The van der Waals surface area contributed by atoms with E-state index in [0.717, 1.165) is 5.56 Å². The normalized spacial score (nSPS) is 10.9. The van der Waals surface area contributed by atoms with Gasteiger partial charge in [0.1, 0.15) is 0 Å². The fourth-order valence-corrected chi connectivity index (χ4v) is 1.44. The first-order chi connectivity index (χ1) is 6.10. The third-order valence-electron chi connectivity index (χ3n) is 2.20. The van der Waals surface area contributed by atoms with Crippen LogP contribution in [0, 0.1) is 11.3 Å². The van der Waals surface area contributed by atoms with Crippen molar-refractivity contribution in [2.75, 3.05) is 6.26 Å². The first-order valence-electron chi connectivity index (χ1n) is 4.16. The van der Waals surface area contributed by atoms with Crippen molar-refractivity contribution in [3.05, 3.63) is 35.4 Å². The smallest absolute Gasteiger partial charge is 0.0991 e. The Morgan fingerprint density at radius 3 is 2.62 bits per heavy atom. The van der Waals surface area contributed by atoms with E-state index in [9.17, 15) is 0 Å². The Kier molecular flexibility index (Phi) is 3.00. The number of rotatable bonds is 2. The van der Waals surface area contributed by atoms with Crippen molar-refractivity contribution < 1.29 is 0 Å². The van der Waals surface area contributed by atoms with Crippen molar-refractivity contribution in [2.24, 2.45) is 0 Å². The standard InChI is InChI=1S/C11H13NS/c1-11(2,13-3)10-6-4-5-9(7-10)8-12/h4-7H,1-3H3. The molecule has 0 aliphatic heterocycles. The molecule has 0 fully saturated rings. The van der Waals surface area contributed by atoms with Gasteiger partial charge in [-0.2, -0.15) is 17.0 Å². The molecule has 0 saturated carbocycles. The summed E-state index contributed by atoms with van der Waals surface area (Å²) in [6.07, 6.45) is 2.08. The van der Waals surface area contributed by atoms with E-state index >= 15 is 0 Å². The number of hydrogen-bond donors (Lipinski definition) is 0. The van der Waals surface area contributed by atoms with Gasteiger partial charge in [0.2, 0.25) is 0 Å². The molecule has 13 heavy (non-hydrogen) atoms. The lowest BCUT2D eigenvalue weighted by Crippen LogP contribution is -2.10. The molecule has 0 unspecified atom stereocenters. The van der Waals surface area contributed by atoms with Crippen LogP contribution in [0.25, 0.3) is 0 Å². The summed E-state index contributed by atoms with van der Waals surface area (Å²) in [5.74, 6) is 0. The monoisotopic (exact) mass is 191 g/mol. The summed E-state index contributed by atoms with van der Waals surface area (Å²) in [5, 5.41) is 8.74. The third kappa shape index (κ3) is 2.26. The highest BCUT2D eigenvalue weighted by Gasteiger charge is 2.18. The molecule has 0 bridgehead atoms. The molecule has 2 heteroatoms. The summed E-state index contributed by atoms with van der Waals surface area (Å²) in [6, 6.07) is 9.95. The van der Waals surface area contributed by atoms with Crippen molar-refractivity contribution in [3.63, 3.8) is 0 Å². The maximum absolute atomic E-state index is 8.74. The largest absolute Gasteiger partial charge is 0.192 e. The lowest BCUT2D eigenvalue weighted by molar-refractivity contribution is 0.785. The molecule has 1 aromatic carbocycles. The zero-order chi connectivity index (χ0) is 9.90. The molecule has 1 nitrogen and oxygen atoms in total. The number of hydrogen-bond acceptors (Lipinski definition) is 2. The summed E-state index contributed by atoms with van der Waals surface area (Å²) in [5.41, 5.74) is 1.94. The third-order valence-corrected chi connectivity index (χ3v) is 3.45. The van der Waals surface area contributed by atoms with Crippen molar-refractivity contribution in [3.8, 4) is 6.07 Å². The van der Waals surface area contributed by atoms with Crippen LogP contribution in [0.2, 0.25) is 0 Å². The molecule has 0 saturated heterocycles. The Balaban J connectivity index is 3.10. The fraction of sp³-hybridized carbons (Fsp3) is 0.364. The number of benzene rings is 1. The van der Waals surface area contributed by atoms with Gasteiger partial charge in [0.25, 0.3) is 0 Å². The van der Waals surface area contributed by atoms with Gasteiger partial charge in [0.05, 0.1) is 11.6 Å². The first kappa shape index (κ1) is 10.1. The van der Waals surface area contributed by atoms with Gasteiger partial charge in [-0.3, -0.25) is 0 Å². The van der Waals surface area contributed by atoms with Gasteiger partial charge in [0, 0.05) is 4.75 Å². The molecule has 0 aliphatic rings. The summed E-state index contributed by atoms with van der Waals surface area (Å²) in [6.45, 7) is 4.32. The molecule has 0 heterocycles. The number of thioether (sulfide) groups is 1. The van der Waals surface area contributed by atoms with Gasteiger partial charge in [-0.05, 0) is 37.8 Å². The molecule has 0 aromatic heterocycles. The predicted octanol–water partition coefficient (Wildman–Crippen LogP) is 3.16. The minimum atomic E-state index is 0.0901. The molecule has 0 radical (unpaired) electrons. The Morgan fingerprint density at radius 2 is 2.08 bits per heavy atom. The number of nitrogens with zero attached hydrogens (tertiary/aromatic N) is 1. The highest BCUT2D eigenvalue weighted by atomic mass is 32.2. The van der Waals surface area contributed by atoms with Crippen molar-refractivity contribution in [1.29, 1.82) is 5.26 Å². The second-order valence-electron chi connectivity index (χ2n) is 3.41. The Morgan fingerprint density at radius 1 is 1.38 bits per heavy atom. The average molecular weight is 191 g/mol. The van der Waals surface area contributed by atoms with E-state index in [1.807, 2.05) is 18.2 Å². The summed E-state index contributed by atoms with van der Waals surface area (Å²) >= 11 is 1.79. The lowest BCUT2D eigenvalue weighted by Gasteiger charge is -2.22. The quantitative estimate of drug-likeness (QED) is 0.717. The van der Waals surface area contributed by atoms with Gasteiger partial charge >= 0.3 is 0 Å². The average Bonchev–Trinajstić information content (AvgIpc) is 2.18. The number of nitriles is 1. The first-order valence-corrected chi connectivity index (χ1v) is 5.38. The van der Waals surface area contributed by atoms with E-state index in [1.54, 1.807) is 11.8 Å². The van der Waals surface area contributed by atoms with Crippen LogP contribution in [0.15, 0.2) is 24.3 Å². The van der Waals surface area contributed by atoms with Crippen molar-refractivity contribution in [1.82, 2.24) is 0 Å². The predicted molar refractivity (Wildman–Crippen MR) is 57.7 cm³/mol. The molecule has 0 aliphatic carbocycles. The second kappa shape index (κ2) is 3.85. The van der Waals surface area contributed by atoms with Crippen LogP contribution < -0.4 is 0 Å². The molecule has 1 aromatic rings. The van der Waals surface area contributed by atoms with E-state index < -0.39 is 0 Å². The minimum Gasteiger partial charge on any atom is -0.192 e. The molecule has 1 rings (SSSR count). The van der Waals surface area contributed by atoms with Crippen LogP contribution >= 0.6 is 11.8 Å². The van der Waals surface area contributed by atoms with E-state index in [1.165, 1.54) is 5.56 Å². The molecular formula is C11H13NS. The highest BCUT2D eigenvalue weighted by Crippen LogP contribution is 2.33. The summed E-state index contributed by atoms with van der Waals surface area (Å²) in [7, 11) is 0. The molecule has 0 spiro atoms. The van der Waals surface area contributed by atoms with Crippen LogP contribution in [0.5, 0.6) is 0 Å². The molecule has 0 N–H and O–H groups in total. The SMILES string of the molecule is CSC(C)(C)c1cccc(C#N)c1. The maximum Gasteiger partial charge on any atom is 0.0991 e. The second-order valence-corrected chi connectivity index (χ2v) is 4.84. The Bertz CT molecular complexity index is 336. The van der Waals surface area contributed by atoms with Crippen LogP contribution in [0.1, 0.15) is 25.0 Å². The van der Waals surface area contributed by atoms with Gasteiger partial charge < -0.3 is 0 Å². The molecule has 68 valence electrons. The van der Waals surface area contributed by atoms with Crippen LogP contribution in [0.3, 0.4) is 0 Å². The van der Waals surface area contributed by atoms with Crippen molar-refractivity contribution >= 4 is 11.8 Å². The molecule has 0 amide bonds. The summed E-state index contributed by atoms with van der Waals surface area (Å²) < 4.78 is 0.0901. The van der Waals surface area contributed by atoms with Crippen LogP contribution in [-0.4, -0.2) is 6.26 Å². The molecule has 0 atom stereocenters. The van der Waals surface area contributed by atoms with Gasteiger partial charge in [-0.1, -0.05) is 12.1 Å². The zero-order valence-corrected chi connectivity index (χ0v) is 8.98. The lowest BCUT2D eigenvalue weighted by atomic mass is 10.0. The van der Waals surface area contributed by atoms with Gasteiger partial charge in [-0.25, -0.2) is 0 Å². The minimum absolute atomic E-state index is 0.0901. The highest BCUT2D eigenvalue weighted by molar-refractivity contribution is 7.99. The van der Waals surface area contributed by atoms with E-state index in [4.69, 9.17) is 5.26 Å². The topological polar surface area (TPSA) is 23.8 Å². The van der Waals surface area contributed by atoms with E-state index in [-0.39, 0.29) is 4.75 Å². The zero-order valence-electron chi connectivity index (χ0n) is 8.16. The van der Waals surface area contributed by atoms with E-state index in [0.29, 0.717) is 0 Å². The maximum atomic E-state index is 8.74. The van der Waals surface area contributed by atoms with Gasteiger partial charge in [-0.15, -0.1) is 0 Å². The van der Waals surface area contributed by atoms with Crippen LogP contribution in [0.4, 0.5) is 0 Å². The Hall–Kier alpha value is -0.940. The van der Waals surface area contributed by atoms with Crippen LogP contribution in [-0.2, 0) is 4.75 Å². The fourth-order valence-electron chi connectivity index (χ4n) is 1.08. The molecular weight excluding hydrogens is 178 g/mol. The van der Waals surface area contributed by atoms with E-state index in [2.05, 4.69) is 32.2 Å².